The quantitative estimate of drug-likeness (QED) is 0.450. The van der Waals surface area contributed by atoms with Gasteiger partial charge in [-0.25, -0.2) is 9.78 Å². The third-order valence-corrected chi connectivity index (χ3v) is 6.85. The summed E-state index contributed by atoms with van der Waals surface area (Å²) in [5.74, 6) is 0.842. The molecule has 3 aromatic rings. The summed E-state index contributed by atoms with van der Waals surface area (Å²) in [5, 5.41) is 17.3. The lowest BCUT2D eigenvalue weighted by Crippen LogP contribution is -2.34. The number of hydrogen-bond donors (Lipinski definition) is 3. The van der Waals surface area contributed by atoms with Gasteiger partial charge in [0, 0.05) is 55.6 Å². The van der Waals surface area contributed by atoms with Gasteiger partial charge in [-0.05, 0) is 30.7 Å². The molecule has 2 atom stereocenters. The van der Waals surface area contributed by atoms with Gasteiger partial charge in [-0.3, -0.25) is 5.32 Å². The van der Waals surface area contributed by atoms with E-state index in [1.807, 2.05) is 17.2 Å². The zero-order valence-corrected chi connectivity index (χ0v) is 18.9. The first-order chi connectivity index (χ1) is 16.1. The van der Waals surface area contributed by atoms with Crippen molar-refractivity contribution in [3.63, 3.8) is 0 Å². The number of urea groups is 1. The van der Waals surface area contributed by atoms with E-state index in [9.17, 15) is 10.1 Å². The monoisotopic (exact) mass is 468 g/mol. The van der Waals surface area contributed by atoms with Gasteiger partial charge in [0.05, 0.1) is 17.9 Å². The van der Waals surface area contributed by atoms with Crippen molar-refractivity contribution in [2.45, 2.75) is 18.9 Å². The second-order valence-electron chi connectivity index (χ2n) is 8.29. The number of carbonyl (C=O) groups excluding carboxylic acids is 1. The predicted octanol–water partition coefficient (Wildman–Crippen LogP) is 2.67. The molecule has 3 aromatic heterocycles. The third kappa shape index (κ3) is 4.42. The standard InChI is InChI=1S/C21H24N8O3S/c1-31-4-5-32-19-26-20(33-28-19)27-21(30)29-10-12-6-15(7-13(12)11-29)25-17-14(8-22)9-24-18-16(17)2-3-23-18/h2-3,9,12-13,15H,4-7,10-11H2,1H3,(H2,23,24,25)(H,26,27,28,30). The highest BCUT2D eigenvalue weighted by Crippen LogP contribution is 2.40. The van der Waals surface area contributed by atoms with Crippen LogP contribution in [0.1, 0.15) is 18.4 Å². The van der Waals surface area contributed by atoms with Crippen LogP contribution < -0.4 is 15.4 Å². The molecule has 2 unspecified atom stereocenters. The predicted molar refractivity (Wildman–Crippen MR) is 122 cm³/mol. The van der Waals surface area contributed by atoms with Crippen LogP contribution in [0.3, 0.4) is 0 Å². The Balaban J connectivity index is 1.16. The van der Waals surface area contributed by atoms with Gasteiger partial charge in [-0.2, -0.15) is 10.2 Å². The molecular weight excluding hydrogens is 444 g/mol. The number of aromatic nitrogens is 4. The lowest BCUT2D eigenvalue weighted by atomic mass is 10.0. The van der Waals surface area contributed by atoms with E-state index in [1.54, 1.807) is 13.3 Å². The smallest absolute Gasteiger partial charge is 0.330 e. The number of ether oxygens (including phenoxy) is 2. The summed E-state index contributed by atoms with van der Waals surface area (Å²) in [5.41, 5.74) is 2.15. The number of likely N-dealkylation sites (tertiary alicyclic amines) is 1. The molecule has 0 radical (unpaired) electrons. The summed E-state index contributed by atoms with van der Waals surface area (Å²) < 4.78 is 14.4. The van der Waals surface area contributed by atoms with Crippen LogP contribution in [0.15, 0.2) is 18.5 Å². The van der Waals surface area contributed by atoms with Crippen LogP contribution in [0.2, 0.25) is 0 Å². The summed E-state index contributed by atoms with van der Waals surface area (Å²) in [6.45, 7) is 2.20. The van der Waals surface area contributed by atoms with Crippen molar-refractivity contribution in [2.75, 3.05) is 44.0 Å². The number of pyridine rings is 1. The Bertz CT molecular complexity index is 1170. The minimum Gasteiger partial charge on any atom is -0.460 e. The number of fused-ring (bicyclic) bond motifs is 2. The molecule has 1 saturated heterocycles. The van der Waals surface area contributed by atoms with Crippen molar-refractivity contribution < 1.29 is 14.3 Å². The fourth-order valence-corrected chi connectivity index (χ4v) is 5.25. The topological polar surface area (TPSA) is 141 Å². The number of amides is 2. The third-order valence-electron chi connectivity index (χ3n) is 6.23. The Labute approximate surface area is 194 Å². The molecule has 1 aliphatic heterocycles. The van der Waals surface area contributed by atoms with Crippen molar-refractivity contribution in [1.29, 1.82) is 5.26 Å². The van der Waals surface area contributed by atoms with Crippen molar-refractivity contribution >= 4 is 39.4 Å². The average molecular weight is 469 g/mol. The van der Waals surface area contributed by atoms with Crippen LogP contribution >= 0.6 is 11.5 Å². The van der Waals surface area contributed by atoms with Gasteiger partial charge in [0.2, 0.25) is 5.13 Å². The number of aromatic amines is 1. The summed E-state index contributed by atoms with van der Waals surface area (Å²) in [6, 6.07) is 4.51. The molecule has 3 N–H and O–H groups in total. The van der Waals surface area contributed by atoms with Crippen LogP contribution in [0, 0.1) is 23.2 Å². The molecule has 2 amide bonds. The highest BCUT2D eigenvalue weighted by Gasteiger charge is 2.42. The fraction of sp³-hybridized carbons (Fsp3) is 0.476. The van der Waals surface area contributed by atoms with E-state index < -0.39 is 0 Å². The van der Waals surface area contributed by atoms with Crippen molar-refractivity contribution in [1.82, 2.24) is 24.2 Å². The first kappa shape index (κ1) is 21.4. The van der Waals surface area contributed by atoms with Gasteiger partial charge >= 0.3 is 12.0 Å². The summed E-state index contributed by atoms with van der Waals surface area (Å²) >= 11 is 1.09. The molecule has 1 aliphatic carbocycles. The number of carbonyl (C=O) groups is 1. The molecule has 11 nitrogen and oxygen atoms in total. The molecule has 2 fully saturated rings. The van der Waals surface area contributed by atoms with Crippen LogP contribution in [-0.2, 0) is 4.74 Å². The number of hydrogen-bond acceptors (Lipinski definition) is 9. The van der Waals surface area contributed by atoms with Crippen LogP contribution in [0.25, 0.3) is 11.0 Å². The maximum absolute atomic E-state index is 12.7. The maximum Gasteiger partial charge on any atom is 0.330 e. The second kappa shape index (κ2) is 9.21. The summed E-state index contributed by atoms with van der Waals surface area (Å²) in [6.07, 6.45) is 5.33. The number of rotatable bonds is 7. The van der Waals surface area contributed by atoms with Crippen molar-refractivity contribution in [3.8, 4) is 12.1 Å². The normalized spacial score (nSPS) is 21.7. The van der Waals surface area contributed by atoms with Gasteiger partial charge in [0.25, 0.3) is 0 Å². The Kier molecular flexibility index (Phi) is 5.97. The number of H-pyrrole nitrogens is 1. The molecular formula is C21H24N8O3S. The Morgan fingerprint density at radius 2 is 2.18 bits per heavy atom. The minimum atomic E-state index is -0.163. The molecule has 0 bridgehead atoms. The van der Waals surface area contributed by atoms with Gasteiger partial charge in [-0.1, -0.05) is 0 Å². The van der Waals surface area contributed by atoms with E-state index in [0.29, 0.717) is 48.8 Å². The van der Waals surface area contributed by atoms with Gasteiger partial charge in [0.15, 0.2) is 0 Å². The zero-order valence-electron chi connectivity index (χ0n) is 18.1. The van der Waals surface area contributed by atoms with Gasteiger partial charge in [-0.15, -0.1) is 4.37 Å². The largest absolute Gasteiger partial charge is 0.460 e. The second-order valence-corrected chi connectivity index (χ2v) is 9.04. The number of anilines is 2. The molecule has 0 spiro atoms. The highest BCUT2D eigenvalue weighted by molar-refractivity contribution is 7.10. The van der Waals surface area contributed by atoms with E-state index in [4.69, 9.17) is 9.47 Å². The molecule has 0 aromatic carbocycles. The molecule has 4 heterocycles. The Morgan fingerprint density at radius 3 is 2.94 bits per heavy atom. The Hall–Kier alpha value is -3.43. The lowest BCUT2D eigenvalue weighted by molar-refractivity contribution is 0.141. The fourth-order valence-electron chi connectivity index (χ4n) is 4.74. The number of nitrogens with zero attached hydrogens (tertiary/aromatic N) is 5. The van der Waals surface area contributed by atoms with Crippen LogP contribution in [0.5, 0.6) is 6.01 Å². The highest BCUT2D eigenvalue weighted by atomic mass is 32.1. The number of nitrogens with one attached hydrogen (secondary N) is 3. The summed E-state index contributed by atoms with van der Waals surface area (Å²) in [4.78, 5) is 26.1. The molecule has 33 heavy (non-hydrogen) atoms. The Morgan fingerprint density at radius 1 is 1.36 bits per heavy atom. The number of methoxy groups -OCH3 is 1. The zero-order chi connectivity index (χ0) is 22.8. The summed E-state index contributed by atoms with van der Waals surface area (Å²) in [7, 11) is 1.59. The number of nitriles is 1. The van der Waals surface area contributed by atoms with E-state index in [0.717, 1.165) is 41.1 Å². The van der Waals surface area contributed by atoms with E-state index >= 15 is 0 Å². The minimum absolute atomic E-state index is 0.163. The van der Waals surface area contributed by atoms with E-state index in [2.05, 4.69) is 36.0 Å². The van der Waals surface area contributed by atoms with Crippen molar-refractivity contribution in [3.05, 3.63) is 24.0 Å². The molecule has 172 valence electrons. The van der Waals surface area contributed by atoms with Crippen LogP contribution in [-0.4, -0.2) is 69.7 Å². The molecule has 12 heteroatoms. The SMILES string of the molecule is COCCOc1nsc(NC(=O)N2CC3CC(Nc4c(C#N)cnc5[nH]ccc45)CC3C2)n1. The molecule has 5 rings (SSSR count). The van der Waals surface area contributed by atoms with Crippen molar-refractivity contribution in [2.24, 2.45) is 11.8 Å². The van der Waals surface area contributed by atoms with Crippen LogP contribution in [0.4, 0.5) is 15.6 Å². The van der Waals surface area contributed by atoms with Gasteiger partial charge < -0.3 is 24.7 Å². The maximum atomic E-state index is 12.7. The first-order valence-electron chi connectivity index (χ1n) is 10.8. The molecule has 1 saturated carbocycles. The van der Waals surface area contributed by atoms with E-state index in [-0.39, 0.29) is 18.1 Å². The lowest BCUT2D eigenvalue weighted by Gasteiger charge is -2.21. The van der Waals surface area contributed by atoms with E-state index in [1.165, 1.54) is 0 Å². The average Bonchev–Trinajstić information content (AvgIpc) is 3.58. The van der Waals surface area contributed by atoms with Gasteiger partial charge in [0.1, 0.15) is 18.3 Å². The first-order valence-corrected chi connectivity index (χ1v) is 11.6. The molecule has 2 aliphatic rings.